The van der Waals surface area contributed by atoms with E-state index in [0.29, 0.717) is 34.7 Å². The summed E-state index contributed by atoms with van der Waals surface area (Å²) in [5.74, 6) is 0.255. The van der Waals surface area contributed by atoms with Crippen LogP contribution in [0.2, 0.25) is 0 Å². The molecule has 3 aromatic carbocycles. The molecule has 0 aliphatic heterocycles. The highest BCUT2D eigenvalue weighted by Crippen LogP contribution is 2.26. The van der Waals surface area contributed by atoms with Crippen molar-refractivity contribution in [3.63, 3.8) is 0 Å². The second kappa shape index (κ2) is 12.5. The lowest BCUT2D eigenvalue weighted by Crippen LogP contribution is -2.53. The Morgan fingerprint density at radius 1 is 0.975 bits per heavy atom. The van der Waals surface area contributed by atoms with Crippen LogP contribution in [0.5, 0.6) is 5.75 Å². The number of aryl methyl sites for hydroxylation is 1. The van der Waals surface area contributed by atoms with Crippen molar-refractivity contribution >= 4 is 27.6 Å². The molecule has 0 bridgehead atoms. The zero-order valence-corrected chi connectivity index (χ0v) is 23.3. The van der Waals surface area contributed by atoms with Gasteiger partial charge in [-0.2, -0.15) is 0 Å². The molecule has 40 heavy (non-hydrogen) atoms. The van der Waals surface area contributed by atoms with Crippen molar-refractivity contribution in [1.82, 2.24) is 10.0 Å². The number of methoxy groups -OCH3 is 1. The van der Waals surface area contributed by atoms with Crippen LogP contribution in [0.25, 0.3) is 11.1 Å². The standard InChI is InChI=1S/C30H31N3O6S/c1-4-33(25-12-14-26(38-3)15-13-25)29(34)27(18-22-8-6-5-7-9-22)31-30(35)32-40(36,37)28-19-23(11-10-21(28)2)24-16-17-39-20-24/h5-17,19-20,27H,4,18H2,1-3H3,(H2,31,32,35). The fourth-order valence-electron chi connectivity index (χ4n) is 4.33. The number of benzene rings is 3. The molecule has 1 heterocycles. The van der Waals surface area contributed by atoms with Crippen LogP contribution in [0.3, 0.4) is 0 Å². The fraction of sp³-hybridized carbons (Fsp3) is 0.200. The Morgan fingerprint density at radius 3 is 2.33 bits per heavy atom. The first-order valence-corrected chi connectivity index (χ1v) is 14.2. The minimum atomic E-state index is -4.27. The first-order chi connectivity index (χ1) is 19.2. The number of urea groups is 1. The van der Waals surface area contributed by atoms with Crippen molar-refractivity contribution in [1.29, 1.82) is 0 Å². The molecule has 0 aliphatic carbocycles. The smallest absolute Gasteiger partial charge is 0.329 e. The van der Waals surface area contributed by atoms with Crippen LogP contribution in [0.1, 0.15) is 18.1 Å². The second-order valence-electron chi connectivity index (χ2n) is 9.09. The molecule has 0 radical (unpaired) electrons. The average Bonchev–Trinajstić information content (AvgIpc) is 3.49. The first kappa shape index (κ1) is 28.4. The van der Waals surface area contributed by atoms with E-state index >= 15 is 0 Å². The average molecular weight is 562 g/mol. The van der Waals surface area contributed by atoms with Gasteiger partial charge < -0.3 is 19.4 Å². The third-order valence-corrected chi connectivity index (χ3v) is 7.88. The maximum absolute atomic E-state index is 13.7. The summed E-state index contributed by atoms with van der Waals surface area (Å²) in [5.41, 5.74) is 3.20. The molecule has 0 spiro atoms. The van der Waals surface area contributed by atoms with Crippen LogP contribution >= 0.6 is 0 Å². The molecular formula is C30H31N3O6S. The minimum absolute atomic E-state index is 0.0549. The molecule has 1 aromatic heterocycles. The Morgan fingerprint density at radius 2 is 1.70 bits per heavy atom. The highest BCUT2D eigenvalue weighted by atomic mass is 32.2. The Kier molecular flexibility index (Phi) is 8.90. The maximum atomic E-state index is 13.7. The molecule has 1 atom stereocenters. The predicted molar refractivity (Wildman–Crippen MR) is 153 cm³/mol. The van der Waals surface area contributed by atoms with E-state index in [9.17, 15) is 18.0 Å². The van der Waals surface area contributed by atoms with E-state index in [2.05, 4.69) is 10.0 Å². The van der Waals surface area contributed by atoms with E-state index in [1.807, 2.05) is 37.3 Å². The highest BCUT2D eigenvalue weighted by molar-refractivity contribution is 7.90. The predicted octanol–water partition coefficient (Wildman–Crippen LogP) is 4.92. The summed E-state index contributed by atoms with van der Waals surface area (Å²) in [6, 6.07) is 20.7. The number of carbonyl (C=O) groups excluding carboxylic acids is 2. The highest BCUT2D eigenvalue weighted by Gasteiger charge is 2.29. The van der Waals surface area contributed by atoms with E-state index in [1.54, 1.807) is 56.5 Å². The van der Waals surface area contributed by atoms with Crippen LogP contribution in [-0.2, 0) is 21.2 Å². The van der Waals surface area contributed by atoms with Crippen molar-refractivity contribution in [2.45, 2.75) is 31.2 Å². The number of ether oxygens (including phenoxy) is 1. The quantitative estimate of drug-likeness (QED) is 0.284. The number of likely N-dealkylation sites (N-methyl/N-ethyl adjacent to an activating group) is 1. The molecule has 3 amide bonds. The molecule has 0 saturated carbocycles. The van der Waals surface area contributed by atoms with E-state index < -0.39 is 22.1 Å². The lowest BCUT2D eigenvalue weighted by Gasteiger charge is -2.27. The van der Waals surface area contributed by atoms with Crippen LogP contribution in [0, 0.1) is 6.92 Å². The Balaban J connectivity index is 1.58. The van der Waals surface area contributed by atoms with Crippen LogP contribution in [-0.4, -0.2) is 40.1 Å². The monoisotopic (exact) mass is 561 g/mol. The Bertz CT molecular complexity index is 1550. The number of nitrogens with one attached hydrogen (secondary N) is 2. The summed E-state index contributed by atoms with van der Waals surface area (Å²) in [5, 5.41) is 2.60. The number of rotatable bonds is 10. The van der Waals surface area contributed by atoms with Gasteiger partial charge in [-0.3, -0.25) is 4.79 Å². The number of amides is 3. The number of nitrogens with zero attached hydrogens (tertiary/aromatic N) is 1. The Hall–Kier alpha value is -4.57. The van der Waals surface area contributed by atoms with Crippen LogP contribution in [0.4, 0.5) is 10.5 Å². The first-order valence-electron chi connectivity index (χ1n) is 12.7. The topological polar surface area (TPSA) is 118 Å². The van der Waals surface area contributed by atoms with Gasteiger partial charge in [0.25, 0.3) is 10.0 Å². The normalized spacial score (nSPS) is 11.9. The molecule has 4 aromatic rings. The number of anilines is 1. The minimum Gasteiger partial charge on any atom is -0.497 e. The lowest BCUT2D eigenvalue weighted by atomic mass is 10.0. The van der Waals surface area contributed by atoms with Crippen molar-refractivity contribution in [2.75, 3.05) is 18.6 Å². The van der Waals surface area contributed by atoms with Crippen molar-refractivity contribution in [2.24, 2.45) is 0 Å². The number of carbonyl (C=O) groups is 2. The molecule has 4 rings (SSSR count). The number of furan rings is 1. The van der Waals surface area contributed by atoms with Gasteiger partial charge in [-0.15, -0.1) is 0 Å². The van der Waals surface area contributed by atoms with E-state index in [-0.39, 0.29) is 17.2 Å². The zero-order valence-electron chi connectivity index (χ0n) is 22.5. The summed E-state index contributed by atoms with van der Waals surface area (Å²) in [6.07, 6.45) is 3.16. The molecule has 9 nitrogen and oxygen atoms in total. The van der Waals surface area contributed by atoms with Crippen molar-refractivity contribution in [3.8, 4) is 16.9 Å². The van der Waals surface area contributed by atoms with E-state index in [4.69, 9.17) is 9.15 Å². The Labute approximate surface area is 233 Å². The van der Waals surface area contributed by atoms with Gasteiger partial charge in [0.2, 0.25) is 5.91 Å². The summed E-state index contributed by atoms with van der Waals surface area (Å²) in [7, 11) is -2.71. The van der Waals surface area contributed by atoms with Gasteiger partial charge in [0, 0.05) is 24.2 Å². The van der Waals surface area contributed by atoms with Gasteiger partial charge in [0.05, 0.1) is 24.5 Å². The van der Waals surface area contributed by atoms with Gasteiger partial charge in [-0.05, 0) is 66.9 Å². The van der Waals surface area contributed by atoms with E-state index in [0.717, 1.165) is 5.56 Å². The molecule has 208 valence electrons. The lowest BCUT2D eigenvalue weighted by molar-refractivity contribution is -0.120. The SMILES string of the molecule is CCN(C(=O)C(Cc1ccccc1)NC(=O)NS(=O)(=O)c1cc(-c2ccoc2)ccc1C)c1ccc(OC)cc1. The molecular weight excluding hydrogens is 530 g/mol. The molecule has 1 unspecified atom stereocenters. The van der Waals surface area contributed by atoms with E-state index in [1.165, 1.54) is 23.5 Å². The van der Waals surface area contributed by atoms with Gasteiger partial charge in [0.15, 0.2) is 0 Å². The maximum Gasteiger partial charge on any atom is 0.329 e. The number of hydrogen-bond acceptors (Lipinski definition) is 6. The third-order valence-electron chi connectivity index (χ3n) is 6.41. The number of hydrogen-bond donors (Lipinski definition) is 2. The third kappa shape index (κ3) is 6.70. The molecule has 0 fully saturated rings. The number of sulfonamides is 1. The molecule has 0 saturated heterocycles. The van der Waals surface area contributed by atoms with Crippen molar-refractivity contribution < 1.29 is 27.2 Å². The summed E-state index contributed by atoms with van der Waals surface area (Å²) >= 11 is 0. The van der Waals surface area contributed by atoms with Crippen LogP contribution in [0.15, 0.2) is 101 Å². The van der Waals surface area contributed by atoms with Gasteiger partial charge in [-0.1, -0.05) is 42.5 Å². The summed E-state index contributed by atoms with van der Waals surface area (Å²) in [6.45, 7) is 3.79. The fourth-order valence-corrected chi connectivity index (χ4v) is 5.52. The summed E-state index contributed by atoms with van der Waals surface area (Å²) in [4.78, 5) is 28.3. The largest absolute Gasteiger partial charge is 0.497 e. The van der Waals surface area contributed by atoms with Gasteiger partial charge in [0.1, 0.15) is 11.8 Å². The van der Waals surface area contributed by atoms with Gasteiger partial charge >= 0.3 is 6.03 Å². The molecule has 10 heteroatoms. The zero-order chi connectivity index (χ0) is 28.7. The molecule has 2 N–H and O–H groups in total. The van der Waals surface area contributed by atoms with Crippen molar-refractivity contribution in [3.05, 3.63) is 103 Å². The van der Waals surface area contributed by atoms with Crippen LogP contribution < -0.4 is 19.7 Å². The van der Waals surface area contributed by atoms with Gasteiger partial charge in [-0.25, -0.2) is 17.9 Å². The molecule has 0 aliphatic rings. The summed E-state index contributed by atoms with van der Waals surface area (Å²) < 4.78 is 38.9. The second-order valence-corrected chi connectivity index (χ2v) is 10.7.